The summed E-state index contributed by atoms with van der Waals surface area (Å²) in [5.74, 6) is 0. The molecule has 6 nitrogen and oxygen atoms in total. The molecule has 0 bridgehead atoms. The van der Waals surface area contributed by atoms with Crippen LogP contribution in [0.1, 0.15) is 5.69 Å². The van der Waals surface area contributed by atoms with Gasteiger partial charge in [-0.05, 0) is 41.1 Å². The second-order valence-corrected chi connectivity index (χ2v) is 9.12. The van der Waals surface area contributed by atoms with Gasteiger partial charge in [0, 0.05) is 21.9 Å². The molecule has 4 aromatic rings. The van der Waals surface area contributed by atoms with Crippen LogP contribution in [0.15, 0.2) is 58.2 Å². The van der Waals surface area contributed by atoms with Crippen molar-refractivity contribution in [3.8, 4) is 10.4 Å². The van der Waals surface area contributed by atoms with E-state index in [1.165, 1.54) is 11.3 Å². The van der Waals surface area contributed by atoms with E-state index in [0.717, 1.165) is 30.8 Å². The summed E-state index contributed by atoms with van der Waals surface area (Å²) in [5, 5.41) is 7.50. The maximum Gasteiger partial charge on any atom is 0.261 e. The number of aryl methyl sites for hydroxylation is 1. The molecule has 4 rings (SSSR count). The van der Waals surface area contributed by atoms with Crippen molar-refractivity contribution in [1.29, 1.82) is 0 Å². The summed E-state index contributed by atoms with van der Waals surface area (Å²) >= 11 is 5.09. The Morgan fingerprint density at radius 1 is 1.23 bits per heavy atom. The number of hydrogen-bond acceptors (Lipinski definition) is 5. The molecule has 0 unspecified atom stereocenters. The van der Waals surface area contributed by atoms with Crippen molar-refractivity contribution in [2.75, 3.05) is 4.72 Å². The van der Waals surface area contributed by atoms with Gasteiger partial charge < -0.3 is 0 Å². The van der Waals surface area contributed by atoms with Gasteiger partial charge in [-0.15, -0.1) is 11.3 Å². The van der Waals surface area contributed by atoms with Crippen molar-refractivity contribution >= 4 is 53.2 Å². The molecule has 0 saturated carbocycles. The number of nitrogens with zero attached hydrogens (tertiary/aromatic N) is 2. The average molecular weight is 449 g/mol. The number of pyridine rings is 1. The first-order valence-electron chi connectivity index (χ1n) is 7.62. The van der Waals surface area contributed by atoms with Gasteiger partial charge in [0.05, 0.1) is 27.0 Å². The molecule has 0 aliphatic rings. The van der Waals surface area contributed by atoms with E-state index in [9.17, 15) is 8.42 Å². The number of benzene rings is 1. The first kappa shape index (κ1) is 17.2. The van der Waals surface area contributed by atoms with E-state index in [-0.39, 0.29) is 4.90 Å². The van der Waals surface area contributed by atoms with E-state index < -0.39 is 10.0 Å². The summed E-state index contributed by atoms with van der Waals surface area (Å²) in [7, 11) is -3.70. The summed E-state index contributed by atoms with van der Waals surface area (Å²) in [5.41, 5.74) is 2.14. The third-order valence-corrected chi connectivity index (χ3v) is 7.36. The predicted octanol–water partition coefficient (Wildman–Crippen LogP) is 4.56. The molecular formula is C17H13BrN4O2S2. The topological polar surface area (TPSA) is 87.7 Å². The Bertz CT molecular complexity index is 1190. The summed E-state index contributed by atoms with van der Waals surface area (Å²) < 4.78 is 29.0. The number of aromatic nitrogens is 3. The normalized spacial score (nSPS) is 11.8. The van der Waals surface area contributed by atoms with E-state index in [1.54, 1.807) is 48.8 Å². The fraction of sp³-hybridized carbons (Fsp3) is 0.0588. The minimum absolute atomic E-state index is 0.212. The second-order valence-electron chi connectivity index (χ2n) is 5.64. The lowest BCUT2D eigenvalue weighted by Gasteiger charge is -2.10. The zero-order valence-corrected chi connectivity index (χ0v) is 16.7. The number of fused-ring (bicyclic) bond motifs is 1. The summed E-state index contributed by atoms with van der Waals surface area (Å²) in [4.78, 5) is 6.45. The van der Waals surface area contributed by atoms with E-state index in [2.05, 4.69) is 35.8 Å². The maximum absolute atomic E-state index is 12.7. The van der Waals surface area contributed by atoms with Crippen LogP contribution in [-0.4, -0.2) is 23.6 Å². The van der Waals surface area contributed by atoms with Crippen molar-refractivity contribution in [1.82, 2.24) is 15.2 Å². The Morgan fingerprint density at radius 3 is 2.69 bits per heavy atom. The molecular weight excluding hydrogens is 436 g/mol. The quantitative estimate of drug-likeness (QED) is 0.478. The van der Waals surface area contributed by atoms with Gasteiger partial charge in [0.2, 0.25) is 0 Å². The number of aromatic amines is 1. The Morgan fingerprint density at radius 2 is 2.00 bits per heavy atom. The fourth-order valence-corrected chi connectivity index (χ4v) is 5.84. The molecule has 2 N–H and O–H groups in total. The molecule has 3 heterocycles. The molecule has 0 amide bonds. The third kappa shape index (κ3) is 3.02. The molecule has 0 atom stereocenters. The van der Waals surface area contributed by atoms with Crippen LogP contribution in [-0.2, 0) is 10.0 Å². The standard InChI is InChI=1S/C17H13BrN4O2S2/c1-10-7-13(22-26(23,24)12-5-3-2-4-6-12)14-15(18)16(25-17(14)21-10)11-8-19-20-9-11/h2-9H,1H3,(H,19,20)(H,21,22). The first-order chi connectivity index (χ1) is 12.5. The largest absolute Gasteiger partial charge is 0.285 e. The van der Waals surface area contributed by atoms with Crippen LogP contribution in [0.5, 0.6) is 0 Å². The van der Waals surface area contributed by atoms with Crippen LogP contribution in [0.25, 0.3) is 20.7 Å². The molecule has 0 aliphatic heterocycles. The lowest BCUT2D eigenvalue weighted by Crippen LogP contribution is -2.13. The number of halogens is 1. The molecule has 132 valence electrons. The Hall–Kier alpha value is -2.23. The molecule has 0 fully saturated rings. The number of rotatable bonds is 4. The van der Waals surface area contributed by atoms with Gasteiger partial charge in [0.1, 0.15) is 4.83 Å². The molecule has 0 aliphatic carbocycles. The highest BCUT2D eigenvalue weighted by Gasteiger charge is 2.21. The van der Waals surface area contributed by atoms with Crippen LogP contribution in [0.4, 0.5) is 5.69 Å². The van der Waals surface area contributed by atoms with Crippen LogP contribution < -0.4 is 4.72 Å². The van der Waals surface area contributed by atoms with Gasteiger partial charge in [-0.1, -0.05) is 18.2 Å². The molecule has 3 aromatic heterocycles. The minimum Gasteiger partial charge on any atom is -0.285 e. The summed E-state index contributed by atoms with van der Waals surface area (Å²) in [6.45, 7) is 1.84. The molecule has 0 saturated heterocycles. The van der Waals surface area contributed by atoms with Crippen molar-refractivity contribution in [2.45, 2.75) is 11.8 Å². The van der Waals surface area contributed by atoms with E-state index in [4.69, 9.17) is 0 Å². The Balaban J connectivity index is 1.88. The number of hydrogen-bond donors (Lipinski definition) is 2. The highest BCUT2D eigenvalue weighted by atomic mass is 79.9. The van der Waals surface area contributed by atoms with Crippen LogP contribution >= 0.6 is 27.3 Å². The number of H-pyrrole nitrogens is 1. The first-order valence-corrected chi connectivity index (χ1v) is 10.7. The zero-order chi connectivity index (χ0) is 18.3. The number of sulfonamides is 1. The van der Waals surface area contributed by atoms with Gasteiger partial charge in [0.15, 0.2) is 0 Å². The Kier molecular flexibility index (Phi) is 4.29. The zero-order valence-electron chi connectivity index (χ0n) is 13.5. The molecule has 0 radical (unpaired) electrons. The lowest BCUT2D eigenvalue weighted by molar-refractivity contribution is 0.601. The molecule has 9 heteroatoms. The number of thiophene rings is 1. The highest BCUT2D eigenvalue weighted by Crippen LogP contribution is 2.44. The van der Waals surface area contributed by atoms with Crippen LogP contribution in [0.3, 0.4) is 0 Å². The smallest absolute Gasteiger partial charge is 0.261 e. The van der Waals surface area contributed by atoms with Gasteiger partial charge >= 0.3 is 0 Å². The number of anilines is 1. The SMILES string of the molecule is Cc1cc(NS(=O)(=O)c2ccccc2)c2c(Br)c(-c3cn[nH]c3)sc2n1. The summed E-state index contributed by atoms with van der Waals surface area (Å²) in [6.07, 6.45) is 3.51. The second kappa shape index (κ2) is 6.49. The van der Waals surface area contributed by atoms with Gasteiger partial charge in [0.25, 0.3) is 10.0 Å². The number of nitrogens with one attached hydrogen (secondary N) is 2. The molecule has 0 spiro atoms. The van der Waals surface area contributed by atoms with Crippen molar-refractivity contribution < 1.29 is 8.42 Å². The van der Waals surface area contributed by atoms with Crippen LogP contribution in [0.2, 0.25) is 0 Å². The maximum atomic E-state index is 12.7. The van der Waals surface area contributed by atoms with Crippen molar-refractivity contribution in [3.05, 3.63) is 59.0 Å². The molecule has 1 aromatic carbocycles. The van der Waals surface area contributed by atoms with E-state index in [0.29, 0.717) is 5.69 Å². The monoisotopic (exact) mass is 448 g/mol. The Labute approximate surface area is 162 Å². The van der Waals surface area contributed by atoms with Crippen LogP contribution in [0, 0.1) is 6.92 Å². The van der Waals surface area contributed by atoms with E-state index >= 15 is 0 Å². The molecule has 26 heavy (non-hydrogen) atoms. The summed E-state index contributed by atoms with van der Waals surface area (Å²) in [6, 6.07) is 10.0. The van der Waals surface area contributed by atoms with Crippen molar-refractivity contribution in [3.63, 3.8) is 0 Å². The highest BCUT2D eigenvalue weighted by molar-refractivity contribution is 9.10. The van der Waals surface area contributed by atoms with E-state index in [1.807, 2.05) is 6.92 Å². The fourth-order valence-electron chi connectivity index (χ4n) is 2.63. The van der Waals surface area contributed by atoms with Gasteiger partial charge in [-0.3, -0.25) is 9.82 Å². The lowest BCUT2D eigenvalue weighted by atomic mass is 10.2. The minimum atomic E-state index is -3.70. The van der Waals surface area contributed by atoms with Gasteiger partial charge in [-0.2, -0.15) is 5.10 Å². The van der Waals surface area contributed by atoms with Gasteiger partial charge in [-0.25, -0.2) is 13.4 Å². The average Bonchev–Trinajstić information content (AvgIpc) is 3.23. The predicted molar refractivity (Wildman–Crippen MR) is 107 cm³/mol. The van der Waals surface area contributed by atoms with Crippen molar-refractivity contribution in [2.24, 2.45) is 0 Å². The third-order valence-electron chi connectivity index (χ3n) is 3.79.